The zero-order valence-corrected chi connectivity index (χ0v) is 6.09. The molecule has 3 nitrogen and oxygen atoms in total. The smallest absolute Gasteiger partial charge is 0.305 e. The molecule has 1 atom stereocenters. The summed E-state index contributed by atoms with van der Waals surface area (Å²) in [6, 6.07) is 0. The molecule has 0 aliphatic carbocycles. The lowest BCUT2D eigenvalue weighted by atomic mass is 9.98. The van der Waals surface area contributed by atoms with E-state index >= 15 is 0 Å². The number of carbonyl (C=O) groups is 1. The summed E-state index contributed by atoms with van der Waals surface area (Å²) in [6.45, 7) is 2.08. The Morgan fingerprint density at radius 3 is 3.00 bits per heavy atom. The normalized spacial score (nSPS) is 34.8. The Balaban J connectivity index is 2.48. The molecule has 1 aliphatic rings. The van der Waals surface area contributed by atoms with Gasteiger partial charge in [0.15, 0.2) is 0 Å². The van der Waals surface area contributed by atoms with E-state index in [9.17, 15) is 9.90 Å². The van der Waals surface area contributed by atoms with Gasteiger partial charge in [-0.05, 0) is 13.3 Å². The topological polar surface area (TPSA) is 46.5 Å². The van der Waals surface area contributed by atoms with Crippen molar-refractivity contribution in [2.24, 2.45) is 0 Å². The minimum atomic E-state index is -0.702. The van der Waals surface area contributed by atoms with E-state index in [-0.39, 0.29) is 5.97 Å². The van der Waals surface area contributed by atoms with Gasteiger partial charge in [-0.2, -0.15) is 0 Å². The fourth-order valence-corrected chi connectivity index (χ4v) is 0.953. The Hall–Kier alpha value is -0.570. The van der Waals surface area contributed by atoms with Gasteiger partial charge in [0.05, 0.1) is 12.2 Å². The molecule has 0 aromatic carbocycles. The molecule has 0 aromatic rings. The van der Waals surface area contributed by atoms with Crippen molar-refractivity contribution in [2.75, 3.05) is 6.61 Å². The van der Waals surface area contributed by atoms with Crippen LogP contribution < -0.4 is 0 Å². The quantitative estimate of drug-likeness (QED) is 0.502. The van der Waals surface area contributed by atoms with Gasteiger partial charge >= 0.3 is 5.97 Å². The van der Waals surface area contributed by atoms with E-state index in [1.807, 2.05) is 0 Å². The minimum Gasteiger partial charge on any atom is -0.466 e. The van der Waals surface area contributed by atoms with Crippen LogP contribution in [-0.2, 0) is 9.53 Å². The van der Waals surface area contributed by atoms with Crippen molar-refractivity contribution in [3.05, 3.63) is 0 Å². The second-order valence-corrected chi connectivity index (χ2v) is 2.97. The highest BCUT2D eigenvalue weighted by molar-refractivity contribution is 5.69. The van der Waals surface area contributed by atoms with Crippen LogP contribution in [0.5, 0.6) is 0 Å². The van der Waals surface area contributed by atoms with Crippen LogP contribution in [0.25, 0.3) is 0 Å². The summed E-state index contributed by atoms with van der Waals surface area (Å²) < 4.78 is 4.74. The lowest BCUT2D eigenvalue weighted by Crippen LogP contribution is -2.23. The Morgan fingerprint density at radius 2 is 2.30 bits per heavy atom. The average molecular weight is 144 g/mol. The molecule has 3 heteroatoms. The summed E-state index contributed by atoms with van der Waals surface area (Å²) in [5.41, 5.74) is -0.702. The third kappa shape index (κ3) is 1.99. The maximum Gasteiger partial charge on any atom is 0.305 e. The van der Waals surface area contributed by atoms with Crippen molar-refractivity contribution in [3.8, 4) is 0 Å². The predicted molar refractivity (Wildman–Crippen MR) is 35.4 cm³/mol. The Labute approximate surface area is 60.0 Å². The largest absolute Gasteiger partial charge is 0.466 e. The van der Waals surface area contributed by atoms with Gasteiger partial charge in [-0.3, -0.25) is 4.79 Å². The summed E-state index contributed by atoms with van der Waals surface area (Å²) in [5.74, 6) is -0.197. The average Bonchev–Trinajstić information content (AvgIpc) is 1.94. The molecule has 0 bridgehead atoms. The van der Waals surface area contributed by atoms with Gasteiger partial charge < -0.3 is 9.84 Å². The monoisotopic (exact) mass is 144 g/mol. The molecule has 0 amide bonds. The van der Waals surface area contributed by atoms with Crippen molar-refractivity contribution < 1.29 is 14.6 Å². The molecule has 1 fully saturated rings. The van der Waals surface area contributed by atoms with Crippen LogP contribution in [0.4, 0.5) is 0 Å². The number of aliphatic hydroxyl groups is 1. The first-order chi connectivity index (χ1) is 4.60. The number of cyclic esters (lactones) is 1. The van der Waals surface area contributed by atoms with Crippen molar-refractivity contribution in [1.82, 2.24) is 0 Å². The van der Waals surface area contributed by atoms with Gasteiger partial charge in [-0.1, -0.05) is 0 Å². The third-order valence-electron chi connectivity index (χ3n) is 1.77. The van der Waals surface area contributed by atoms with E-state index in [1.54, 1.807) is 6.92 Å². The highest BCUT2D eigenvalue weighted by Gasteiger charge is 2.25. The zero-order valence-electron chi connectivity index (χ0n) is 6.09. The van der Waals surface area contributed by atoms with E-state index in [0.29, 0.717) is 25.9 Å². The maximum atomic E-state index is 10.6. The molecule has 1 unspecified atom stereocenters. The van der Waals surface area contributed by atoms with Gasteiger partial charge in [-0.25, -0.2) is 0 Å². The standard InChI is InChI=1S/C7H12O3/c1-7(9)3-2-6(8)10-5-4-7/h9H,2-5H2,1H3. The molecular weight excluding hydrogens is 132 g/mol. The van der Waals surface area contributed by atoms with Gasteiger partial charge in [0.1, 0.15) is 0 Å². The van der Waals surface area contributed by atoms with Gasteiger partial charge in [0.25, 0.3) is 0 Å². The number of hydrogen-bond acceptors (Lipinski definition) is 3. The van der Waals surface area contributed by atoms with Crippen LogP contribution in [-0.4, -0.2) is 23.3 Å². The van der Waals surface area contributed by atoms with Gasteiger partial charge in [0, 0.05) is 12.8 Å². The summed E-state index contributed by atoms with van der Waals surface area (Å²) >= 11 is 0. The summed E-state index contributed by atoms with van der Waals surface area (Å²) in [7, 11) is 0. The Morgan fingerprint density at radius 1 is 1.60 bits per heavy atom. The van der Waals surface area contributed by atoms with Gasteiger partial charge in [0.2, 0.25) is 0 Å². The molecule has 0 aromatic heterocycles. The molecule has 1 aliphatic heterocycles. The van der Waals surface area contributed by atoms with Crippen LogP contribution in [0.15, 0.2) is 0 Å². The van der Waals surface area contributed by atoms with Crippen LogP contribution in [0, 0.1) is 0 Å². The molecule has 0 radical (unpaired) electrons. The zero-order chi connectivity index (χ0) is 7.61. The molecule has 1 N–H and O–H groups in total. The first-order valence-corrected chi connectivity index (χ1v) is 3.48. The predicted octanol–water partition coefficient (Wildman–Crippen LogP) is 0.464. The van der Waals surface area contributed by atoms with Gasteiger partial charge in [-0.15, -0.1) is 0 Å². The van der Waals surface area contributed by atoms with E-state index in [0.717, 1.165) is 0 Å². The fraction of sp³-hybridized carbons (Fsp3) is 0.857. The second kappa shape index (κ2) is 2.58. The van der Waals surface area contributed by atoms with Crippen LogP contribution in [0.3, 0.4) is 0 Å². The summed E-state index contributed by atoms with van der Waals surface area (Å²) in [4.78, 5) is 10.6. The second-order valence-electron chi connectivity index (χ2n) is 2.97. The van der Waals surface area contributed by atoms with Crippen LogP contribution >= 0.6 is 0 Å². The maximum absolute atomic E-state index is 10.6. The first kappa shape index (κ1) is 7.54. The Kier molecular flexibility index (Phi) is 1.94. The highest BCUT2D eigenvalue weighted by atomic mass is 16.5. The van der Waals surface area contributed by atoms with Crippen molar-refractivity contribution in [3.63, 3.8) is 0 Å². The molecule has 0 saturated carbocycles. The number of hydrogen-bond donors (Lipinski definition) is 1. The highest BCUT2D eigenvalue weighted by Crippen LogP contribution is 2.19. The molecule has 1 heterocycles. The molecule has 1 rings (SSSR count). The molecule has 1 saturated heterocycles. The summed E-state index contributed by atoms with van der Waals surface area (Å²) in [6.07, 6.45) is 1.41. The van der Waals surface area contributed by atoms with Crippen molar-refractivity contribution in [1.29, 1.82) is 0 Å². The molecular formula is C7H12O3. The van der Waals surface area contributed by atoms with E-state index < -0.39 is 5.60 Å². The third-order valence-corrected chi connectivity index (χ3v) is 1.77. The van der Waals surface area contributed by atoms with E-state index in [2.05, 4.69) is 0 Å². The number of carbonyl (C=O) groups excluding carboxylic acids is 1. The van der Waals surface area contributed by atoms with Crippen molar-refractivity contribution >= 4 is 5.97 Å². The molecule has 10 heavy (non-hydrogen) atoms. The SMILES string of the molecule is CC1(O)CCOC(=O)CC1. The fourth-order valence-electron chi connectivity index (χ4n) is 0.953. The van der Waals surface area contributed by atoms with E-state index in [1.165, 1.54) is 0 Å². The first-order valence-electron chi connectivity index (χ1n) is 3.48. The van der Waals surface area contributed by atoms with E-state index in [4.69, 9.17) is 4.74 Å². The summed E-state index contributed by atoms with van der Waals surface area (Å²) in [5, 5.41) is 9.44. The molecule has 58 valence electrons. The lowest BCUT2D eigenvalue weighted by Gasteiger charge is -2.17. The Bertz CT molecular complexity index is 140. The minimum absolute atomic E-state index is 0.197. The van der Waals surface area contributed by atoms with Crippen molar-refractivity contribution in [2.45, 2.75) is 31.8 Å². The van der Waals surface area contributed by atoms with Crippen LogP contribution in [0.1, 0.15) is 26.2 Å². The number of rotatable bonds is 0. The lowest BCUT2D eigenvalue weighted by molar-refractivity contribution is -0.142. The number of ether oxygens (including phenoxy) is 1. The number of esters is 1. The molecule has 0 spiro atoms. The van der Waals surface area contributed by atoms with Crippen LogP contribution in [0.2, 0.25) is 0 Å².